The first-order chi connectivity index (χ1) is 8.74. The van der Waals surface area contributed by atoms with Gasteiger partial charge in [-0.3, -0.25) is 4.98 Å². The number of hydrogen-bond donors (Lipinski definition) is 0. The number of nitrogens with zero attached hydrogens (tertiary/aromatic N) is 2. The Morgan fingerprint density at radius 2 is 2.06 bits per heavy atom. The van der Waals surface area contributed by atoms with Crippen LogP contribution >= 0.6 is 0 Å². The smallest absolute Gasteiger partial charge is 0.0917 e. The fraction of sp³-hybridized carbons (Fsp3) is 0.312. The Bertz CT molecular complexity index is 588. The summed E-state index contributed by atoms with van der Waals surface area (Å²) < 4.78 is 0. The van der Waals surface area contributed by atoms with Gasteiger partial charge in [0, 0.05) is 11.8 Å². The third kappa shape index (κ3) is 2.03. The van der Waals surface area contributed by atoms with Gasteiger partial charge in [0.25, 0.3) is 0 Å². The van der Waals surface area contributed by atoms with Gasteiger partial charge in [0.1, 0.15) is 0 Å². The third-order valence-corrected chi connectivity index (χ3v) is 3.51. The van der Waals surface area contributed by atoms with Gasteiger partial charge in [0.2, 0.25) is 0 Å². The summed E-state index contributed by atoms with van der Waals surface area (Å²) in [5, 5.41) is 0. The van der Waals surface area contributed by atoms with Crippen molar-refractivity contribution in [2.45, 2.75) is 33.1 Å². The highest BCUT2D eigenvalue weighted by Gasteiger charge is 2.12. The Kier molecular flexibility index (Phi) is 2.86. The summed E-state index contributed by atoms with van der Waals surface area (Å²) in [5.41, 5.74) is 7.00. The first-order valence-corrected chi connectivity index (χ1v) is 6.51. The molecule has 0 bridgehead atoms. The van der Waals surface area contributed by atoms with Crippen molar-refractivity contribution < 1.29 is 0 Å². The zero-order chi connectivity index (χ0) is 12.5. The van der Waals surface area contributed by atoms with Gasteiger partial charge in [-0.15, -0.1) is 0 Å². The molecule has 2 heteroatoms. The molecule has 2 nitrogen and oxygen atoms in total. The lowest BCUT2D eigenvalue weighted by Crippen LogP contribution is -2.02. The minimum atomic E-state index is 0.970. The van der Waals surface area contributed by atoms with E-state index in [1.54, 1.807) is 0 Å². The van der Waals surface area contributed by atoms with Gasteiger partial charge in [-0.2, -0.15) is 0 Å². The second-order valence-electron chi connectivity index (χ2n) is 4.96. The van der Waals surface area contributed by atoms with Crippen molar-refractivity contribution in [1.82, 2.24) is 9.97 Å². The zero-order valence-corrected chi connectivity index (χ0v) is 10.9. The summed E-state index contributed by atoms with van der Waals surface area (Å²) >= 11 is 0. The van der Waals surface area contributed by atoms with Crippen molar-refractivity contribution in [2.24, 2.45) is 0 Å². The summed E-state index contributed by atoms with van der Waals surface area (Å²) in [4.78, 5) is 9.01. The topological polar surface area (TPSA) is 25.8 Å². The molecule has 2 aromatic rings. The summed E-state index contributed by atoms with van der Waals surface area (Å²) in [5.74, 6) is 0. The summed E-state index contributed by atoms with van der Waals surface area (Å²) in [6.45, 7) is 4.01. The second-order valence-corrected chi connectivity index (χ2v) is 4.96. The lowest BCUT2D eigenvalue weighted by Gasteiger charge is -2.16. The van der Waals surface area contributed by atoms with E-state index in [2.05, 4.69) is 34.6 Å². The number of aromatic nitrogens is 2. The normalized spacial score (nSPS) is 14.3. The first-order valence-electron chi connectivity index (χ1n) is 6.51. The van der Waals surface area contributed by atoms with Crippen LogP contribution in [0.1, 0.15) is 35.4 Å². The van der Waals surface area contributed by atoms with E-state index in [1.807, 2.05) is 20.0 Å². The standard InChI is InChI=1S/C16H17N2/c1-11-10-17-12(2)16(18-11)15-8-7-13-5-3-4-6-14(13)9-15/h6-10H,3-5H2,1-2H3. The molecule has 0 unspecified atom stereocenters. The fourth-order valence-electron chi connectivity index (χ4n) is 2.52. The molecular formula is C16H17N2. The Hall–Kier alpha value is -1.70. The van der Waals surface area contributed by atoms with E-state index in [4.69, 9.17) is 0 Å². The van der Waals surface area contributed by atoms with Crippen molar-refractivity contribution in [1.29, 1.82) is 0 Å². The molecule has 0 saturated carbocycles. The van der Waals surface area contributed by atoms with Gasteiger partial charge in [-0.1, -0.05) is 12.1 Å². The Morgan fingerprint density at radius 3 is 2.94 bits per heavy atom. The monoisotopic (exact) mass is 237 g/mol. The van der Waals surface area contributed by atoms with Gasteiger partial charge in [0.15, 0.2) is 0 Å². The maximum Gasteiger partial charge on any atom is 0.0917 e. The minimum absolute atomic E-state index is 0.970. The maximum atomic E-state index is 4.62. The van der Waals surface area contributed by atoms with Gasteiger partial charge < -0.3 is 0 Å². The van der Waals surface area contributed by atoms with Crippen LogP contribution in [-0.2, 0) is 6.42 Å². The predicted molar refractivity (Wildman–Crippen MR) is 73.3 cm³/mol. The van der Waals surface area contributed by atoms with E-state index in [0.29, 0.717) is 0 Å². The highest BCUT2D eigenvalue weighted by molar-refractivity contribution is 5.64. The van der Waals surface area contributed by atoms with E-state index in [0.717, 1.165) is 17.1 Å². The quantitative estimate of drug-likeness (QED) is 0.756. The molecule has 1 aliphatic carbocycles. The summed E-state index contributed by atoms with van der Waals surface area (Å²) in [6.07, 6.45) is 7.82. The molecule has 1 aromatic heterocycles. The molecule has 0 amide bonds. The summed E-state index contributed by atoms with van der Waals surface area (Å²) in [6, 6.07) is 6.67. The van der Waals surface area contributed by atoms with E-state index in [1.165, 1.54) is 36.0 Å². The Balaban J connectivity index is 2.09. The largest absolute Gasteiger partial charge is 0.257 e. The van der Waals surface area contributed by atoms with Crippen LogP contribution in [0.15, 0.2) is 24.4 Å². The molecular weight excluding hydrogens is 220 g/mol. The number of hydrogen-bond acceptors (Lipinski definition) is 2. The molecule has 18 heavy (non-hydrogen) atoms. The van der Waals surface area contributed by atoms with Crippen LogP contribution in [0.25, 0.3) is 11.3 Å². The van der Waals surface area contributed by atoms with Crippen LogP contribution < -0.4 is 0 Å². The van der Waals surface area contributed by atoms with Crippen LogP contribution in [0.2, 0.25) is 0 Å². The molecule has 0 atom stereocenters. The molecule has 3 rings (SSSR count). The highest BCUT2D eigenvalue weighted by Crippen LogP contribution is 2.28. The molecule has 0 saturated heterocycles. The lowest BCUT2D eigenvalue weighted by atomic mass is 9.90. The highest BCUT2D eigenvalue weighted by atomic mass is 14.8. The van der Waals surface area contributed by atoms with E-state index >= 15 is 0 Å². The van der Waals surface area contributed by atoms with Crippen LogP contribution in [0.4, 0.5) is 0 Å². The zero-order valence-electron chi connectivity index (χ0n) is 10.9. The molecule has 0 fully saturated rings. The SMILES string of the molecule is Cc1cnc(C)c(-c2ccc3c(c2)[CH]CCC3)n1. The van der Waals surface area contributed by atoms with Crippen molar-refractivity contribution >= 4 is 0 Å². The molecule has 1 heterocycles. The minimum Gasteiger partial charge on any atom is -0.257 e. The molecule has 91 valence electrons. The van der Waals surface area contributed by atoms with Gasteiger partial charge >= 0.3 is 0 Å². The number of benzene rings is 1. The first kappa shape index (κ1) is 11.4. The average Bonchev–Trinajstić information content (AvgIpc) is 2.41. The van der Waals surface area contributed by atoms with Crippen molar-refractivity contribution in [2.75, 3.05) is 0 Å². The van der Waals surface area contributed by atoms with Crippen LogP contribution in [0.5, 0.6) is 0 Å². The molecule has 1 aromatic carbocycles. The van der Waals surface area contributed by atoms with E-state index < -0.39 is 0 Å². The summed E-state index contributed by atoms with van der Waals surface area (Å²) in [7, 11) is 0. The molecule has 1 radical (unpaired) electrons. The number of rotatable bonds is 1. The van der Waals surface area contributed by atoms with E-state index in [9.17, 15) is 0 Å². The number of aryl methyl sites for hydroxylation is 3. The van der Waals surface area contributed by atoms with Crippen LogP contribution in [-0.4, -0.2) is 9.97 Å². The van der Waals surface area contributed by atoms with Gasteiger partial charge in [-0.05, 0) is 56.7 Å². The molecule has 0 N–H and O–H groups in total. The van der Waals surface area contributed by atoms with Crippen LogP contribution in [0, 0.1) is 20.3 Å². The van der Waals surface area contributed by atoms with Crippen molar-refractivity contribution in [3.05, 3.63) is 53.3 Å². The lowest BCUT2D eigenvalue weighted by molar-refractivity contribution is 0.775. The molecule has 1 aliphatic rings. The molecule has 0 spiro atoms. The van der Waals surface area contributed by atoms with E-state index in [-0.39, 0.29) is 0 Å². The van der Waals surface area contributed by atoms with Crippen molar-refractivity contribution in [3.8, 4) is 11.3 Å². The average molecular weight is 237 g/mol. The fourth-order valence-corrected chi connectivity index (χ4v) is 2.52. The Labute approximate surface area is 108 Å². The van der Waals surface area contributed by atoms with Crippen LogP contribution in [0.3, 0.4) is 0 Å². The predicted octanol–water partition coefficient (Wildman–Crippen LogP) is 3.65. The maximum absolute atomic E-state index is 4.62. The van der Waals surface area contributed by atoms with Gasteiger partial charge in [0.05, 0.1) is 17.1 Å². The molecule has 0 aliphatic heterocycles. The van der Waals surface area contributed by atoms with Crippen molar-refractivity contribution in [3.63, 3.8) is 0 Å². The second kappa shape index (κ2) is 4.52. The number of fused-ring (bicyclic) bond motifs is 1. The van der Waals surface area contributed by atoms with Gasteiger partial charge in [-0.25, -0.2) is 4.98 Å². The third-order valence-electron chi connectivity index (χ3n) is 3.51. The Morgan fingerprint density at radius 1 is 1.17 bits per heavy atom.